The lowest BCUT2D eigenvalue weighted by Crippen LogP contribution is -2.69. The largest absolute Gasteiger partial charge is 0.465 e. The second-order valence-corrected chi connectivity index (χ2v) is 5.32. The van der Waals surface area contributed by atoms with E-state index in [1.807, 2.05) is 0 Å². The Labute approximate surface area is 146 Å². The quantitative estimate of drug-likeness (QED) is 0.315. The summed E-state index contributed by atoms with van der Waals surface area (Å²) in [5.74, 6) is -2.59. The molecule has 0 amide bonds. The lowest BCUT2D eigenvalue weighted by atomic mass is 9.71. The van der Waals surface area contributed by atoms with Crippen molar-refractivity contribution in [3.63, 3.8) is 0 Å². The van der Waals surface area contributed by atoms with Crippen LogP contribution >= 0.6 is 0 Å². The SMILES string of the molecule is CCOC(=O)[C@H]1NCC[C@H](OCCO)C1(C(=O)OCC)C(=O)OCC. The lowest BCUT2D eigenvalue weighted by molar-refractivity contribution is -0.198. The summed E-state index contributed by atoms with van der Waals surface area (Å²) >= 11 is 0. The van der Waals surface area contributed by atoms with Crippen LogP contribution in [0.25, 0.3) is 0 Å². The van der Waals surface area contributed by atoms with Gasteiger partial charge in [0.2, 0.25) is 5.41 Å². The van der Waals surface area contributed by atoms with E-state index in [0.29, 0.717) is 6.54 Å². The molecule has 0 aromatic carbocycles. The predicted molar refractivity (Wildman–Crippen MR) is 85.6 cm³/mol. The Morgan fingerprint density at radius 1 is 1.04 bits per heavy atom. The zero-order valence-corrected chi connectivity index (χ0v) is 14.9. The average molecular weight is 361 g/mol. The van der Waals surface area contributed by atoms with Gasteiger partial charge in [0.25, 0.3) is 0 Å². The Morgan fingerprint density at radius 3 is 2.08 bits per heavy atom. The van der Waals surface area contributed by atoms with Crippen LogP contribution in [0.3, 0.4) is 0 Å². The minimum Gasteiger partial charge on any atom is -0.465 e. The van der Waals surface area contributed by atoms with Gasteiger partial charge in [-0.3, -0.25) is 14.4 Å². The van der Waals surface area contributed by atoms with Gasteiger partial charge in [-0.05, 0) is 33.7 Å². The first-order valence-corrected chi connectivity index (χ1v) is 8.47. The Bertz CT molecular complexity index is 449. The van der Waals surface area contributed by atoms with Crippen molar-refractivity contribution in [3.05, 3.63) is 0 Å². The zero-order valence-electron chi connectivity index (χ0n) is 14.9. The summed E-state index contributed by atoms with van der Waals surface area (Å²) in [5.41, 5.74) is -2.04. The lowest BCUT2D eigenvalue weighted by Gasteiger charge is -2.43. The number of hydrogen-bond donors (Lipinski definition) is 2. The maximum Gasteiger partial charge on any atom is 0.328 e. The topological polar surface area (TPSA) is 120 Å². The van der Waals surface area contributed by atoms with Gasteiger partial charge in [-0.1, -0.05) is 0 Å². The van der Waals surface area contributed by atoms with Crippen LogP contribution in [-0.2, 0) is 33.3 Å². The van der Waals surface area contributed by atoms with Gasteiger partial charge in [0.15, 0.2) is 0 Å². The normalized spacial score (nSPS) is 22.1. The smallest absolute Gasteiger partial charge is 0.328 e. The molecule has 1 aliphatic heterocycles. The molecule has 9 heteroatoms. The number of carbonyl (C=O) groups is 3. The molecule has 2 N–H and O–H groups in total. The summed E-state index contributed by atoms with van der Waals surface area (Å²) in [6.07, 6.45) is -0.735. The van der Waals surface area contributed by atoms with E-state index in [-0.39, 0.29) is 39.5 Å². The molecule has 25 heavy (non-hydrogen) atoms. The molecule has 1 fully saturated rings. The molecular weight excluding hydrogens is 334 g/mol. The maximum absolute atomic E-state index is 12.8. The zero-order chi connectivity index (χ0) is 18.9. The number of aliphatic hydroxyl groups is 1. The van der Waals surface area contributed by atoms with Crippen molar-refractivity contribution in [1.82, 2.24) is 5.32 Å². The first-order valence-electron chi connectivity index (χ1n) is 8.47. The number of carbonyl (C=O) groups excluding carboxylic acids is 3. The number of rotatable bonds is 9. The summed E-state index contributed by atoms with van der Waals surface area (Å²) in [7, 11) is 0. The van der Waals surface area contributed by atoms with Gasteiger partial charge in [0.05, 0.1) is 39.1 Å². The van der Waals surface area contributed by atoms with Gasteiger partial charge >= 0.3 is 17.9 Å². The highest BCUT2D eigenvalue weighted by atomic mass is 16.6. The molecule has 0 radical (unpaired) electrons. The number of esters is 3. The molecule has 9 nitrogen and oxygen atoms in total. The average Bonchev–Trinajstić information content (AvgIpc) is 2.59. The van der Waals surface area contributed by atoms with Crippen LogP contribution < -0.4 is 5.32 Å². The minimum atomic E-state index is -2.04. The standard InChI is InChI=1S/C16H27NO8/c1-4-22-13(19)12-16(14(20)23-5-2,15(21)24-6-3)11(7-8-17-12)25-10-9-18/h11-12,17-18H,4-10H2,1-3H3/t11-,12+/m0/s1. The molecule has 0 aromatic rings. The van der Waals surface area contributed by atoms with Crippen LogP contribution in [0.15, 0.2) is 0 Å². The highest BCUT2D eigenvalue weighted by Crippen LogP contribution is 2.38. The van der Waals surface area contributed by atoms with E-state index in [1.54, 1.807) is 20.8 Å². The van der Waals surface area contributed by atoms with Crippen LogP contribution in [0.2, 0.25) is 0 Å². The van der Waals surface area contributed by atoms with Gasteiger partial charge in [0.1, 0.15) is 6.04 Å². The van der Waals surface area contributed by atoms with E-state index in [2.05, 4.69) is 5.32 Å². The second kappa shape index (κ2) is 10.3. The van der Waals surface area contributed by atoms with E-state index < -0.39 is 35.5 Å². The Balaban J connectivity index is 3.41. The monoisotopic (exact) mass is 361 g/mol. The van der Waals surface area contributed by atoms with Gasteiger partial charge < -0.3 is 29.4 Å². The van der Waals surface area contributed by atoms with Crippen LogP contribution in [0, 0.1) is 5.41 Å². The van der Waals surface area contributed by atoms with E-state index in [4.69, 9.17) is 24.1 Å². The Kier molecular flexibility index (Phi) is 8.81. The third kappa shape index (κ3) is 4.47. The summed E-state index contributed by atoms with van der Waals surface area (Å²) < 4.78 is 20.7. The van der Waals surface area contributed by atoms with Crippen molar-refractivity contribution in [1.29, 1.82) is 0 Å². The van der Waals surface area contributed by atoms with Gasteiger partial charge in [-0.25, -0.2) is 0 Å². The summed E-state index contributed by atoms with van der Waals surface area (Å²) in [5, 5.41) is 11.9. The Hall–Kier alpha value is -1.71. The number of piperidine rings is 1. The van der Waals surface area contributed by atoms with Crippen LogP contribution in [0.1, 0.15) is 27.2 Å². The highest BCUT2D eigenvalue weighted by Gasteiger charge is 2.65. The van der Waals surface area contributed by atoms with E-state index in [0.717, 1.165) is 0 Å². The number of hydrogen-bond acceptors (Lipinski definition) is 9. The highest BCUT2D eigenvalue weighted by molar-refractivity contribution is 6.06. The van der Waals surface area contributed by atoms with Crippen molar-refractivity contribution in [2.45, 2.75) is 39.3 Å². The molecule has 1 saturated heterocycles. The molecule has 1 rings (SSSR count). The number of aliphatic hydroxyl groups excluding tert-OH is 1. The first kappa shape index (κ1) is 21.3. The molecular formula is C16H27NO8. The van der Waals surface area contributed by atoms with Crippen molar-refractivity contribution in [2.24, 2.45) is 5.41 Å². The molecule has 0 aromatic heterocycles. The molecule has 0 unspecified atom stereocenters. The van der Waals surface area contributed by atoms with Crippen molar-refractivity contribution >= 4 is 17.9 Å². The van der Waals surface area contributed by atoms with Crippen molar-refractivity contribution in [2.75, 3.05) is 39.6 Å². The van der Waals surface area contributed by atoms with E-state index in [9.17, 15) is 14.4 Å². The molecule has 0 saturated carbocycles. The third-order valence-corrected chi connectivity index (χ3v) is 3.88. The van der Waals surface area contributed by atoms with Gasteiger partial charge in [0, 0.05) is 0 Å². The maximum atomic E-state index is 12.8. The van der Waals surface area contributed by atoms with Crippen LogP contribution in [0.4, 0.5) is 0 Å². The second-order valence-electron chi connectivity index (χ2n) is 5.32. The minimum absolute atomic E-state index is 0.0161. The molecule has 2 atom stereocenters. The van der Waals surface area contributed by atoms with Gasteiger partial charge in [-0.15, -0.1) is 0 Å². The first-order chi connectivity index (χ1) is 12.0. The van der Waals surface area contributed by atoms with Crippen molar-refractivity contribution < 1.29 is 38.4 Å². The van der Waals surface area contributed by atoms with Crippen molar-refractivity contribution in [3.8, 4) is 0 Å². The predicted octanol–water partition coefficient (Wildman–Crippen LogP) is -0.598. The molecule has 0 bridgehead atoms. The Morgan fingerprint density at radius 2 is 1.60 bits per heavy atom. The fourth-order valence-corrected chi connectivity index (χ4v) is 2.92. The number of nitrogens with one attached hydrogen (secondary N) is 1. The van der Waals surface area contributed by atoms with E-state index >= 15 is 0 Å². The van der Waals surface area contributed by atoms with Crippen LogP contribution in [0.5, 0.6) is 0 Å². The molecule has 0 aliphatic carbocycles. The van der Waals surface area contributed by atoms with Crippen LogP contribution in [-0.4, -0.2) is 74.7 Å². The number of ether oxygens (including phenoxy) is 4. The van der Waals surface area contributed by atoms with E-state index in [1.165, 1.54) is 0 Å². The summed E-state index contributed by atoms with van der Waals surface area (Å²) in [6, 6.07) is -1.30. The fraction of sp³-hybridized carbons (Fsp3) is 0.812. The summed E-state index contributed by atoms with van der Waals surface area (Å²) in [4.78, 5) is 38.1. The third-order valence-electron chi connectivity index (χ3n) is 3.88. The molecule has 144 valence electrons. The molecule has 1 heterocycles. The van der Waals surface area contributed by atoms with Gasteiger partial charge in [-0.2, -0.15) is 0 Å². The summed E-state index contributed by atoms with van der Waals surface area (Å²) in [6.45, 7) is 4.85. The molecule has 1 aliphatic rings. The fourth-order valence-electron chi connectivity index (χ4n) is 2.92. The molecule has 0 spiro atoms.